The van der Waals surface area contributed by atoms with Crippen molar-refractivity contribution in [2.75, 3.05) is 11.3 Å². The van der Waals surface area contributed by atoms with E-state index >= 15 is 0 Å². The van der Waals surface area contributed by atoms with E-state index in [2.05, 4.69) is 20.7 Å². The van der Waals surface area contributed by atoms with Gasteiger partial charge in [-0.3, -0.25) is 0 Å². The molecule has 0 aliphatic heterocycles. The first kappa shape index (κ1) is 13.4. The van der Waals surface area contributed by atoms with Gasteiger partial charge >= 0.3 is 0 Å². The Morgan fingerprint density at radius 1 is 1.46 bits per heavy atom. The van der Waals surface area contributed by atoms with E-state index in [-0.39, 0.29) is 17.3 Å². The number of hydrogen-bond donors (Lipinski definition) is 2. The van der Waals surface area contributed by atoms with Crippen LogP contribution in [-0.2, 0) is 10.0 Å². The number of aliphatic hydroxyl groups excluding tert-OH is 1. The van der Waals surface area contributed by atoms with Crippen molar-refractivity contribution in [1.82, 2.24) is 4.72 Å². The predicted molar refractivity (Wildman–Crippen MR) is 56.2 cm³/mol. The number of nitrogens with one attached hydrogen (secondary N) is 1. The van der Waals surface area contributed by atoms with Crippen LogP contribution in [0.3, 0.4) is 0 Å². The summed E-state index contributed by atoms with van der Waals surface area (Å²) in [6.45, 7) is 3.79. The number of alkyl halides is 1. The van der Waals surface area contributed by atoms with Gasteiger partial charge in [-0.15, -0.1) is 0 Å². The van der Waals surface area contributed by atoms with Crippen LogP contribution in [0.15, 0.2) is 0 Å². The molecule has 0 saturated heterocycles. The topological polar surface area (TPSA) is 66.4 Å². The highest BCUT2D eigenvalue weighted by molar-refractivity contribution is 9.10. The van der Waals surface area contributed by atoms with E-state index in [4.69, 9.17) is 5.11 Å². The molecular formula is C7H16BrNO3S. The molecule has 0 rings (SSSR count). The lowest BCUT2D eigenvalue weighted by Gasteiger charge is -2.17. The maximum Gasteiger partial charge on any atom is 0.221 e. The van der Waals surface area contributed by atoms with Crippen LogP contribution in [0.5, 0.6) is 0 Å². The fourth-order valence-electron chi connectivity index (χ4n) is 1.01. The van der Waals surface area contributed by atoms with E-state index in [1.165, 1.54) is 0 Å². The van der Waals surface area contributed by atoms with Crippen molar-refractivity contribution in [2.24, 2.45) is 5.92 Å². The summed E-state index contributed by atoms with van der Waals surface area (Å²) in [5.41, 5.74) is 0. The Kier molecular flexibility index (Phi) is 6.11. The molecule has 0 amide bonds. The van der Waals surface area contributed by atoms with Crippen molar-refractivity contribution in [2.45, 2.75) is 26.3 Å². The predicted octanol–water partition coefficient (Wildman–Crippen LogP) is 0.665. The third-order valence-corrected chi connectivity index (χ3v) is 4.25. The Balaban J connectivity index is 4.13. The Hall–Kier alpha value is 0.350. The van der Waals surface area contributed by atoms with Gasteiger partial charge in [0.2, 0.25) is 10.0 Å². The van der Waals surface area contributed by atoms with Gasteiger partial charge in [-0.05, 0) is 12.3 Å². The summed E-state index contributed by atoms with van der Waals surface area (Å²) in [6, 6.07) is -0.373. The summed E-state index contributed by atoms with van der Waals surface area (Å²) in [4.78, 5) is 0. The van der Waals surface area contributed by atoms with Crippen molar-refractivity contribution >= 4 is 26.0 Å². The molecule has 0 fully saturated rings. The van der Waals surface area contributed by atoms with Crippen LogP contribution in [0.2, 0.25) is 0 Å². The molecule has 6 heteroatoms. The monoisotopic (exact) mass is 273 g/mol. The molecule has 0 spiro atoms. The van der Waals surface area contributed by atoms with E-state index in [0.29, 0.717) is 12.3 Å². The molecule has 0 aromatic heterocycles. The van der Waals surface area contributed by atoms with Crippen LogP contribution < -0.4 is 4.72 Å². The van der Waals surface area contributed by atoms with Crippen molar-refractivity contribution in [3.05, 3.63) is 0 Å². The maximum atomic E-state index is 11.1. The molecule has 13 heavy (non-hydrogen) atoms. The molecule has 2 N–H and O–H groups in total. The van der Waals surface area contributed by atoms with Crippen LogP contribution in [0.1, 0.15) is 20.3 Å². The summed E-state index contributed by atoms with van der Waals surface area (Å²) < 4.78 is 24.4. The number of sulfonamides is 1. The standard InChI is InChI=1S/C7H16BrNO3S/c1-6(2)3-7(4-10)9-13(11,12)5-8/h6-7,9-10H,3-5H2,1-2H3. The lowest BCUT2D eigenvalue weighted by atomic mass is 10.1. The average molecular weight is 274 g/mol. The minimum absolute atomic E-state index is 0.130. The SMILES string of the molecule is CC(C)CC(CO)NS(=O)(=O)CBr. The Labute approximate surface area is 87.9 Å². The van der Waals surface area contributed by atoms with Crippen molar-refractivity contribution in [1.29, 1.82) is 0 Å². The highest BCUT2D eigenvalue weighted by Crippen LogP contribution is 2.06. The van der Waals surface area contributed by atoms with Gasteiger partial charge in [0, 0.05) is 6.04 Å². The third-order valence-electron chi connectivity index (χ3n) is 1.47. The normalized spacial score (nSPS) is 14.8. The first-order valence-corrected chi connectivity index (χ1v) is 6.85. The van der Waals surface area contributed by atoms with E-state index in [1.807, 2.05) is 13.8 Å². The van der Waals surface area contributed by atoms with Crippen LogP contribution >= 0.6 is 15.9 Å². The fraction of sp³-hybridized carbons (Fsp3) is 1.00. The lowest BCUT2D eigenvalue weighted by Crippen LogP contribution is -2.38. The quantitative estimate of drug-likeness (QED) is 0.699. The molecule has 0 heterocycles. The maximum absolute atomic E-state index is 11.1. The second kappa shape index (κ2) is 5.95. The number of rotatable bonds is 6. The fourth-order valence-corrected chi connectivity index (χ4v) is 2.15. The highest BCUT2D eigenvalue weighted by atomic mass is 79.9. The molecule has 0 aromatic rings. The van der Waals surface area contributed by atoms with Gasteiger partial charge in [-0.2, -0.15) is 0 Å². The number of hydrogen-bond acceptors (Lipinski definition) is 3. The second-order valence-electron chi connectivity index (χ2n) is 3.35. The minimum atomic E-state index is -3.27. The second-order valence-corrected chi connectivity index (χ2v) is 6.41. The summed E-state index contributed by atoms with van der Waals surface area (Å²) >= 11 is 2.86. The van der Waals surface area contributed by atoms with Gasteiger partial charge in [0.1, 0.15) is 4.66 Å². The highest BCUT2D eigenvalue weighted by Gasteiger charge is 2.16. The Morgan fingerprint density at radius 2 is 2.00 bits per heavy atom. The largest absolute Gasteiger partial charge is 0.395 e. The van der Waals surface area contributed by atoms with E-state index < -0.39 is 10.0 Å². The van der Waals surface area contributed by atoms with Crippen molar-refractivity contribution in [3.63, 3.8) is 0 Å². The zero-order chi connectivity index (χ0) is 10.5. The van der Waals surface area contributed by atoms with E-state index in [9.17, 15) is 8.42 Å². The molecular weight excluding hydrogens is 258 g/mol. The number of halogens is 1. The Bertz CT molecular complexity index is 228. The molecule has 0 aliphatic rings. The van der Waals surface area contributed by atoms with Crippen LogP contribution in [0.25, 0.3) is 0 Å². The van der Waals surface area contributed by atoms with Crippen LogP contribution in [0, 0.1) is 5.92 Å². The molecule has 0 saturated carbocycles. The molecule has 0 bridgehead atoms. The number of aliphatic hydroxyl groups is 1. The van der Waals surface area contributed by atoms with E-state index in [0.717, 1.165) is 0 Å². The van der Waals surface area contributed by atoms with Crippen molar-refractivity contribution in [3.8, 4) is 0 Å². The summed E-state index contributed by atoms with van der Waals surface area (Å²) in [7, 11) is -3.27. The molecule has 1 atom stereocenters. The zero-order valence-corrected chi connectivity index (χ0v) is 10.2. The van der Waals surface area contributed by atoms with Gasteiger partial charge in [-0.25, -0.2) is 13.1 Å². The zero-order valence-electron chi connectivity index (χ0n) is 7.83. The van der Waals surface area contributed by atoms with Gasteiger partial charge in [0.15, 0.2) is 0 Å². The average Bonchev–Trinajstić information content (AvgIpc) is 2.02. The lowest BCUT2D eigenvalue weighted by molar-refractivity contribution is 0.240. The van der Waals surface area contributed by atoms with Crippen molar-refractivity contribution < 1.29 is 13.5 Å². The third kappa shape index (κ3) is 6.42. The van der Waals surface area contributed by atoms with E-state index in [1.54, 1.807) is 0 Å². The Morgan fingerprint density at radius 3 is 2.31 bits per heavy atom. The van der Waals surface area contributed by atoms with Gasteiger partial charge < -0.3 is 5.11 Å². The molecule has 0 aliphatic carbocycles. The summed E-state index contributed by atoms with van der Waals surface area (Å²) in [5.74, 6) is 0.357. The molecule has 0 radical (unpaired) electrons. The van der Waals surface area contributed by atoms with Gasteiger partial charge in [0.05, 0.1) is 6.61 Å². The van der Waals surface area contributed by atoms with Crippen LogP contribution in [-0.4, -0.2) is 30.8 Å². The van der Waals surface area contributed by atoms with Crippen LogP contribution in [0.4, 0.5) is 0 Å². The summed E-state index contributed by atoms with van der Waals surface area (Å²) in [6.07, 6.45) is 0.642. The molecule has 1 unspecified atom stereocenters. The first-order valence-electron chi connectivity index (χ1n) is 4.08. The minimum Gasteiger partial charge on any atom is -0.395 e. The molecule has 0 aromatic carbocycles. The van der Waals surface area contributed by atoms with Gasteiger partial charge in [-0.1, -0.05) is 29.8 Å². The molecule has 4 nitrogen and oxygen atoms in total. The molecule has 80 valence electrons. The first-order chi connectivity index (χ1) is 5.91. The summed E-state index contributed by atoms with van der Waals surface area (Å²) in [5, 5.41) is 8.89. The van der Waals surface area contributed by atoms with Gasteiger partial charge in [0.25, 0.3) is 0 Å². The smallest absolute Gasteiger partial charge is 0.221 e.